The quantitative estimate of drug-likeness (QED) is 0.895. The lowest BCUT2D eigenvalue weighted by Gasteiger charge is -2.23. The van der Waals surface area contributed by atoms with Crippen molar-refractivity contribution in [3.63, 3.8) is 0 Å². The molecule has 3 heteroatoms. The van der Waals surface area contributed by atoms with Crippen LogP contribution in [0.4, 0.5) is 0 Å². The largest absolute Gasteiger partial charge is 0.497 e. The highest BCUT2D eigenvalue weighted by Crippen LogP contribution is 2.20. The summed E-state index contributed by atoms with van der Waals surface area (Å²) in [5.74, 6) is 1.73. The van der Waals surface area contributed by atoms with Gasteiger partial charge in [0, 0.05) is 18.6 Å². The van der Waals surface area contributed by atoms with Gasteiger partial charge in [-0.25, -0.2) is 0 Å². The number of rotatable bonds is 5. The number of ether oxygens (including phenoxy) is 1. The fourth-order valence-electron chi connectivity index (χ4n) is 2.70. The summed E-state index contributed by atoms with van der Waals surface area (Å²) >= 11 is 0. The van der Waals surface area contributed by atoms with E-state index < -0.39 is 0 Å². The molecular formula is C17H28N2O. The summed E-state index contributed by atoms with van der Waals surface area (Å²) in [5.41, 5.74) is 1.56. The monoisotopic (exact) mass is 276 g/mol. The SMILES string of the molecule is COc1cccc(CN2CCC(CNC(C)(C)C)C2)c1. The van der Waals surface area contributed by atoms with E-state index in [9.17, 15) is 0 Å². The first-order chi connectivity index (χ1) is 9.46. The Balaban J connectivity index is 1.81. The van der Waals surface area contributed by atoms with Gasteiger partial charge in [0.2, 0.25) is 0 Å². The lowest BCUT2D eigenvalue weighted by molar-refractivity contribution is 0.304. The molecule has 0 amide bonds. The van der Waals surface area contributed by atoms with Crippen LogP contribution in [0.1, 0.15) is 32.8 Å². The van der Waals surface area contributed by atoms with Crippen molar-refractivity contribution in [1.29, 1.82) is 0 Å². The third-order valence-electron chi connectivity index (χ3n) is 3.83. The highest BCUT2D eigenvalue weighted by molar-refractivity contribution is 5.28. The van der Waals surface area contributed by atoms with Crippen molar-refractivity contribution in [2.75, 3.05) is 26.7 Å². The van der Waals surface area contributed by atoms with Crippen molar-refractivity contribution in [2.24, 2.45) is 5.92 Å². The van der Waals surface area contributed by atoms with Crippen LogP contribution >= 0.6 is 0 Å². The summed E-state index contributed by atoms with van der Waals surface area (Å²) in [6, 6.07) is 8.40. The van der Waals surface area contributed by atoms with Crippen molar-refractivity contribution < 1.29 is 4.74 Å². The molecule has 1 aromatic rings. The van der Waals surface area contributed by atoms with Crippen molar-refractivity contribution in [3.8, 4) is 5.75 Å². The normalized spacial score (nSPS) is 20.3. The van der Waals surface area contributed by atoms with Crippen LogP contribution < -0.4 is 10.1 Å². The Hall–Kier alpha value is -1.06. The van der Waals surface area contributed by atoms with Gasteiger partial charge in [-0.2, -0.15) is 0 Å². The van der Waals surface area contributed by atoms with E-state index in [0.717, 1.165) is 24.8 Å². The number of hydrogen-bond donors (Lipinski definition) is 1. The third-order valence-corrected chi connectivity index (χ3v) is 3.83. The van der Waals surface area contributed by atoms with Crippen molar-refractivity contribution in [1.82, 2.24) is 10.2 Å². The zero-order valence-corrected chi connectivity index (χ0v) is 13.3. The second kappa shape index (κ2) is 6.59. The van der Waals surface area contributed by atoms with E-state index >= 15 is 0 Å². The van der Waals surface area contributed by atoms with Gasteiger partial charge in [0.1, 0.15) is 5.75 Å². The van der Waals surface area contributed by atoms with E-state index in [0.29, 0.717) is 0 Å². The van der Waals surface area contributed by atoms with E-state index in [2.05, 4.69) is 49.2 Å². The molecule has 1 fully saturated rings. The Kier molecular flexibility index (Phi) is 5.06. The Morgan fingerprint density at radius 2 is 2.15 bits per heavy atom. The topological polar surface area (TPSA) is 24.5 Å². The van der Waals surface area contributed by atoms with Crippen LogP contribution in [0, 0.1) is 5.92 Å². The maximum absolute atomic E-state index is 5.29. The summed E-state index contributed by atoms with van der Waals surface area (Å²) < 4.78 is 5.29. The van der Waals surface area contributed by atoms with Gasteiger partial charge in [0.25, 0.3) is 0 Å². The molecule has 0 aromatic heterocycles. The van der Waals surface area contributed by atoms with E-state index in [1.54, 1.807) is 7.11 Å². The molecule has 0 spiro atoms. The zero-order valence-electron chi connectivity index (χ0n) is 13.3. The summed E-state index contributed by atoms with van der Waals surface area (Å²) in [4.78, 5) is 2.55. The molecule has 1 unspecified atom stereocenters. The number of methoxy groups -OCH3 is 1. The van der Waals surface area contributed by atoms with Gasteiger partial charge in [-0.1, -0.05) is 12.1 Å². The number of benzene rings is 1. The molecule has 1 aromatic carbocycles. The molecule has 0 aliphatic carbocycles. The predicted molar refractivity (Wildman–Crippen MR) is 84.1 cm³/mol. The number of hydrogen-bond acceptors (Lipinski definition) is 3. The second-order valence-electron chi connectivity index (χ2n) is 6.87. The average Bonchev–Trinajstić information content (AvgIpc) is 2.83. The summed E-state index contributed by atoms with van der Waals surface area (Å²) in [5, 5.41) is 3.62. The van der Waals surface area contributed by atoms with Gasteiger partial charge in [-0.3, -0.25) is 4.90 Å². The molecule has 1 heterocycles. The first-order valence-corrected chi connectivity index (χ1v) is 7.56. The minimum absolute atomic E-state index is 0.222. The smallest absolute Gasteiger partial charge is 0.119 e. The van der Waals surface area contributed by atoms with E-state index in [-0.39, 0.29) is 5.54 Å². The first-order valence-electron chi connectivity index (χ1n) is 7.56. The van der Waals surface area contributed by atoms with Crippen molar-refractivity contribution in [2.45, 2.75) is 39.3 Å². The van der Waals surface area contributed by atoms with Gasteiger partial charge < -0.3 is 10.1 Å². The molecule has 1 N–H and O–H groups in total. The van der Waals surface area contributed by atoms with Gasteiger partial charge >= 0.3 is 0 Å². The Labute approximate surface area is 123 Å². The lowest BCUT2D eigenvalue weighted by Crippen LogP contribution is -2.39. The molecule has 1 saturated heterocycles. The fraction of sp³-hybridized carbons (Fsp3) is 0.647. The molecule has 0 bridgehead atoms. The van der Waals surface area contributed by atoms with Crippen LogP contribution in [0.2, 0.25) is 0 Å². The van der Waals surface area contributed by atoms with E-state index in [1.807, 2.05) is 6.07 Å². The minimum Gasteiger partial charge on any atom is -0.497 e. The molecule has 1 aliphatic heterocycles. The van der Waals surface area contributed by atoms with Crippen molar-refractivity contribution in [3.05, 3.63) is 29.8 Å². The predicted octanol–water partition coefficient (Wildman–Crippen LogP) is 2.91. The van der Waals surface area contributed by atoms with Gasteiger partial charge in [-0.05, 0) is 63.9 Å². The number of nitrogens with one attached hydrogen (secondary N) is 1. The molecular weight excluding hydrogens is 248 g/mol. The molecule has 20 heavy (non-hydrogen) atoms. The molecule has 1 aliphatic rings. The molecule has 0 saturated carbocycles. The summed E-state index contributed by atoms with van der Waals surface area (Å²) in [6.07, 6.45) is 1.30. The average molecular weight is 276 g/mol. The molecule has 3 nitrogen and oxygen atoms in total. The summed E-state index contributed by atoms with van der Waals surface area (Å²) in [7, 11) is 1.73. The van der Waals surface area contributed by atoms with Crippen LogP contribution in [0.5, 0.6) is 5.75 Å². The third kappa shape index (κ3) is 4.80. The Morgan fingerprint density at radius 3 is 2.85 bits per heavy atom. The van der Waals surface area contributed by atoms with Crippen LogP contribution in [0.25, 0.3) is 0 Å². The van der Waals surface area contributed by atoms with Gasteiger partial charge in [0.15, 0.2) is 0 Å². The molecule has 2 rings (SSSR count). The van der Waals surface area contributed by atoms with Gasteiger partial charge in [-0.15, -0.1) is 0 Å². The zero-order chi connectivity index (χ0) is 14.6. The van der Waals surface area contributed by atoms with Gasteiger partial charge in [0.05, 0.1) is 7.11 Å². The van der Waals surface area contributed by atoms with Crippen LogP contribution in [0.15, 0.2) is 24.3 Å². The summed E-state index contributed by atoms with van der Waals surface area (Å²) in [6.45, 7) is 11.2. The minimum atomic E-state index is 0.222. The molecule has 112 valence electrons. The maximum atomic E-state index is 5.29. The highest BCUT2D eigenvalue weighted by atomic mass is 16.5. The molecule has 1 atom stereocenters. The first kappa shape index (κ1) is 15.3. The van der Waals surface area contributed by atoms with E-state index in [4.69, 9.17) is 4.74 Å². The van der Waals surface area contributed by atoms with Crippen LogP contribution in [-0.4, -0.2) is 37.2 Å². The lowest BCUT2D eigenvalue weighted by atomic mass is 10.1. The highest BCUT2D eigenvalue weighted by Gasteiger charge is 2.23. The second-order valence-corrected chi connectivity index (χ2v) is 6.87. The fourth-order valence-corrected chi connectivity index (χ4v) is 2.70. The molecule has 0 radical (unpaired) electrons. The van der Waals surface area contributed by atoms with Crippen LogP contribution in [-0.2, 0) is 6.54 Å². The van der Waals surface area contributed by atoms with E-state index in [1.165, 1.54) is 25.1 Å². The van der Waals surface area contributed by atoms with Crippen molar-refractivity contribution >= 4 is 0 Å². The Morgan fingerprint density at radius 1 is 1.35 bits per heavy atom. The standard InChI is InChI=1S/C17H28N2O/c1-17(2,3)18-11-15-8-9-19(13-15)12-14-6-5-7-16(10-14)20-4/h5-7,10,15,18H,8-9,11-13H2,1-4H3. The Bertz CT molecular complexity index is 425. The van der Waals surface area contributed by atoms with Crippen LogP contribution in [0.3, 0.4) is 0 Å². The maximum Gasteiger partial charge on any atom is 0.119 e. The number of likely N-dealkylation sites (tertiary alicyclic amines) is 1. The number of nitrogens with zero attached hydrogens (tertiary/aromatic N) is 1.